The average molecular weight is 293 g/mol. The van der Waals surface area contributed by atoms with Crippen molar-refractivity contribution in [1.82, 2.24) is 5.32 Å². The number of carbonyl (C=O) groups excluding carboxylic acids is 1. The molecule has 1 aliphatic carbocycles. The third-order valence-electron chi connectivity index (χ3n) is 4.09. The highest BCUT2D eigenvalue weighted by molar-refractivity contribution is 5.80. The van der Waals surface area contributed by atoms with Gasteiger partial charge in [-0.15, -0.1) is 0 Å². The van der Waals surface area contributed by atoms with Gasteiger partial charge in [0.05, 0.1) is 5.92 Å². The molecule has 1 saturated carbocycles. The van der Waals surface area contributed by atoms with Gasteiger partial charge in [0.1, 0.15) is 5.82 Å². The van der Waals surface area contributed by atoms with Gasteiger partial charge in [0.15, 0.2) is 0 Å². The quantitative estimate of drug-likeness (QED) is 0.876. The summed E-state index contributed by atoms with van der Waals surface area (Å²) in [5.41, 5.74) is 0.501. The van der Waals surface area contributed by atoms with Crippen molar-refractivity contribution in [2.75, 3.05) is 0 Å². The monoisotopic (exact) mass is 293 g/mol. The molecule has 1 amide bonds. The molecule has 0 spiro atoms. The summed E-state index contributed by atoms with van der Waals surface area (Å²) < 4.78 is 13.6. The number of carboxylic acids is 1. The van der Waals surface area contributed by atoms with Crippen molar-refractivity contribution in [2.45, 2.75) is 38.6 Å². The largest absolute Gasteiger partial charge is 0.481 e. The van der Waals surface area contributed by atoms with Crippen molar-refractivity contribution in [3.8, 4) is 0 Å². The Labute approximate surface area is 123 Å². The van der Waals surface area contributed by atoms with Crippen LogP contribution in [-0.4, -0.2) is 23.0 Å². The van der Waals surface area contributed by atoms with Crippen LogP contribution in [0.15, 0.2) is 24.3 Å². The van der Waals surface area contributed by atoms with E-state index in [2.05, 4.69) is 5.32 Å². The van der Waals surface area contributed by atoms with Gasteiger partial charge in [0.25, 0.3) is 0 Å². The van der Waals surface area contributed by atoms with Crippen LogP contribution in [0.3, 0.4) is 0 Å². The van der Waals surface area contributed by atoms with Crippen LogP contribution in [0.25, 0.3) is 0 Å². The molecule has 3 atom stereocenters. The molecular formula is C16H20FNO3. The van der Waals surface area contributed by atoms with E-state index in [9.17, 15) is 14.0 Å². The van der Waals surface area contributed by atoms with Crippen molar-refractivity contribution >= 4 is 11.9 Å². The Balaban J connectivity index is 1.94. The van der Waals surface area contributed by atoms with Gasteiger partial charge in [-0.05, 0) is 30.9 Å². The van der Waals surface area contributed by atoms with Crippen LogP contribution < -0.4 is 5.32 Å². The van der Waals surface area contributed by atoms with Gasteiger partial charge in [0.2, 0.25) is 5.91 Å². The molecule has 2 N–H and O–H groups in total. The number of amides is 1. The number of hydrogen-bond donors (Lipinski definition) is 2. The topological polar surface area (TPSA) is 66.4 Å². The van der Waals surface area contributed by atoms with E-state index in [0.29, 0.717) is 24.8 Å². The highest BCUT2D eigenvalue weighted by Crippen LogP contribution is 2.26. The summed E-state index contributed by atoms with van der Waals surface area (Å²) in [5.74, 6) is -2.29. The fraction of sp³-hybridized carbons (Fsp3) is 0.500. The van der Waals surface area contributed by atoms with Gasteiger partial charge in [-0.3, -0.25) is 9.59 Å². The van der Waals surface area contributed by atoms with Crippen LogP contribution in [0.1, 0.15) is 31.7 Å². The van der Waals surface area contributed by atoms with Crippen molar-refractivity contribution < 1.29 is 19.1 Å². The highest BCUT2D eigenvalue weighted by Gasteiger charge is 2.34. The number of hydrogen-bond acceptors (Lipinski definition) is 2. The zero-order chi connectivity index (χ0) is 15.4. The van der Waals surface area contributed by atoms with Gasteiger partial charge >= 0.3 is 5.97 Å². The number of carboxylic acid groups (broad SMARTS) is 1. The fourth-order valence-corrected chi connectivity index (χ4v) is 2.84. The molecule has 2 rings (SSSR count). The van der Waals surface area contributed by atoms with E-state index in [4.69, 9.17) is 5.11 Å². The molecule has 1 aliphatic rings. The summed E-state index contributed by atoms with van der Waals surface area (Å²) in [6.07, 6.45) is 2.41. The molecule has 5 heteroatoms. The summed E-state index contributed by atoms with van der Waals surface area (Å²) in [6.45, 7) is 1.73. The Morgan fingerprint density at radius 2 is 2.10 bits per heavy atom. The molecule has 4 nitrogen and oxygen atoms in total. The van der Waals surface area contributed by atoms with Crippen LogP contribution in [0.4, 0.5) is 4.39 Å². The van der Waals surface area contributed by atoms with Gasteiger partial charge in [-0.2, -0.15) is 0 Å². The molecule has 1 aromatic rings. The molecule has 0 heterocycles. The molecule has 21 heavy (non-hydrogen) atoms. The van der Waals surface area contributed by atoms with Crippen LogP contribution in [0.2, 0.25) is 0 Å². The Bertz CT molecular complexity index is 532. The minimum absolute atomic E-state index is 0.212. The van der Waals surface area contributed by atoms with E-state index in [1.165, 1.54) is 6.07 Å². The van der Waals surface area contributed by atoms with Gasteiger partial charge in [-0.25, -0.2) is 4.39 Å². The van der Waals surface area contributed by atoms with E-state index in [1.807, 2.05) is 0 Å². The number of rotatable bonds is 5. The standard InChI is InChI=1S/C16H20FNO3/c1-10(9-11-5-2-3-7-13(11)17)15(19)18-14-8-4-6-12(14)16(20)21/h2-3,5,7,10,12,14H,4,6,8-9H2,1H3,(H,18,19)(H,20,21)/t10-,12+,14-/m1/s1. The molecule has 0 aromatic heterocycles. The molecular weight excluding hydrogens is 273 g/mol. The van der Waals surface area contributed by atoms with Crippen molar-refractivity contribution in [3.63, 3.8) is 0 Å². The summed E-state index contributed by atoms with van der Waals surface area (Å²) in [7, 11) is 0. The summed E-state index contributed by atoms with van der Waals surface area (Å²) in [6, 6.07) is 6.07. The maximum Gasteiger partial charge on any atom is 0.308 e. The van der Waals surface area contributed by atoms with Gasteiger partial charge < -0.3 is 10.4 Å². The second kappa shape index (κ2) is 6.70. The number of benzene rings is 1. The second-order valence-corrected chi connectivity index (χ2v) is 5.69. The van der Waals surface area contributed by atoms with Crippen LogP contribution in [0, 0.1) is 17.7 Å². The lowest BCUT2D eigenvalue weighted by Crippen LogP contribution is -2.42. The van der Waals surface area contributed by atoms with E-state index < -0.39 is 17.8 Å². The highest BCUT2D eigenvalue weighted by atomic mass is 19.1. The molecule has 0 saturated heterocycles. The molecule has 1 fully saturated rings. The number of carbonyl (C=O) groups is 2. The third kappa shape index (κ3) is 3.80. The predicted octanol–water partition coefficient (Wildman–Crippen LogP) is 2.37. The van der Waals surface area contributed by atoms with E-state index in [-0.39, 0.29) is 17.8 Å². The van der Waals surface area contributed by atoms with E-state index in [1.54, 1.807) is 25.1 Å². The van der Waals surface area contributed by atoms with E-state index >= 15 is 0 Å². The van der Waals surface area contributed by atoms with Crippen LogP contribution in [0.5, 0.6) is 0 Å². The second-order valence-electron chi connectivity index (χ2n) is 5.69. The Morgan fingerprint density at radius 1 is 1.38 bits per heavy atom. The minimum atomic E-state index is -0.862. The molecule has 0 bridgehead atoms. The summed E-state index contributed by atoms with van der Waals surface area (Å²) in [5, 5.41) is 11.9. The number of halogens is 1. The number of aliphatic carboxylic acids is 1. The molecule has 0 radical (unpaired) electrons. The first-order valence-corrected chi connectivity index (χ1v) is 7.25. The molecule has 1 aromatic carbocycles. The van der Waals surface area contributed by atoms with Crippen LogP contribution >= 0.6 is 0 Å². The first-order valence-electron chi connectivity index (χ1n) is 7.25. The van der Waals surface area contributed by atoms with Crippen molar-refractivity contribution in [3.05, 3.63) is 35.6 Å². The van der Waals surface area contributed by atoms with Crippen LogP contribution in [-0.2, 0) is 16.0 Å². The molecule has 114 valence electrons. The van der Waals surface area contributed by atoms with Gasteiger partial charge in [0, 0.05) is 12.0 Å². The van der Waals surface area contributed by atoms with Crippen molar-refractivity contribution in [2.24, 2.45) is 11.8 Å². The Hall–Kier alpha value is -1.91. The predicted molar refractivity (Wildman–Crippen MR) is 76.2 cm³/mol. The minimum Gasteiger partial charge on any atom is -0.481 e. The zero-order valence-electron chi connectivity index (χ0n) is 12.0. The summed E-state index contributed by atoms with van der Waals surface area (Å²) >= 11 is 0. The fourth-order valence-electron chi connectivity index (χ4n) is 2.84. The van der Waals surface area contributed by atoms with Gasteiger partial charge in [-0.1, -0.05) is 31.5 Å². The number of nitrogens with one attached hydrogen (secondary N) is 1. The Kier molecular flexibility index (Phi) is 4.94. The zero-order valence-corrected chi connectivity index (χ0v) is 12.0. The maximum absolute atomic E-state index is 13.6. The third-order valence-corrected chi connectivity index (χ3v) is 4.09. The summed E-state index contributed by atoms with van der Waals surface area (Å²) in [4.78, 5) is 23.3. The SMILES string of the molecule is C[C@H](Cc1ccccc1F)C(=O)N[C@@H]1CCC[C@@H]1C(=O)O. The van der Waals surface area contributed by atoms with E-state index in [0.717, 1.165) is 6.42 Å². The Morgan fingerprint density at radius 3 is 2.76 bits per heavy atom. The average Bonchev–Trinajstić information content (AvgIpc) is 2.89. The normalized spacial score (nSPS) is 22.8. The smallest absolute Gasteiger partial charge is 0.308 e. The first kappa shape index (κ1) is 15.5. The maximum atomic E-state index is 13.6. The molecule has 0 aliphatic heterocycles. The van der Waals surface area contributed by atoms with Crippen molar-refractivity contribution in [1.29, 1.82) is 0 Å². The molecule has 0 unspecified atom stereocenters. The first-order chi connectivity index (χ1) is 9.99. The lowest BCUT2D eigenvalue weighted by atomic mass is 9.98. The lowest BCUT2D eigenvalue weighted by molar-refractivity contribution is -0.142. The lowest BCUT2D eigenvalue weighted by Gasteiger charge is -2.20.